The standard InChI is InChI=1S/C13H15BrN4O2S/c1-7(9-2-3-10(14)21-9)13(20)16-6-11-17-8(5-15)4-12(19)18-11/h2-4,7H,5-6,15H2,1H3,(H,16,20)(H,17,18,19). The number of rotatable bonds is 5. The second-order valence-corrected chi connectivity index (χ2v) is 6.96. The summed E-state index contributed by atoms with van der Waals surface area (Å²) in [7, 11) is 0. The molecule has 2 aromatic rings. The molecule has 0 aliphatic heterocycles. The normalized spacial score (nSPS) is 12.1. The number of nitrogens with two attached hydrogens (primary N) is 1. The molecule has 0 fully saturated rings. The van der Waals surface area contributed by atoms with Gasteiger partial charge in [-0.2, -0.15) is 0 Å². The summed E-state index contributed by atoms with van der Waals surface area (Å²) in [6, 6.07) is 5.17. The Morgan fingerprint density at radius 2 is 2.33 bits per heavy atom. The molecule has 2 heterocycles. The Kier molecular flexibility index (Phi) is 5.27. The van der Waals surface area contributed by atoms with Crippen molar-refractivity contribution in [2.24, 2.45) is 5.73 Å². The van der Waals surface area contributed by atoms with E-state index in [9.17, 15) is 9.59 Å². The number of carbonyl (C=O) groups excluding carboxylic acids is 1. The second kappa shape index (κ2) is 6.97. The third kappa shape index (κ3) is 4.23. The minimum absolute atomic E-state index is 0.120. The van der Waals surface area contributed by atoms with E-state index in [2.05, 4.69) is 31.2 Å². The molecule has 112 valence electrons. The number of aromatic amines is 1. The molecule has 1 unspecified atom stereocenters. The Morgan fingerprint density at radius 1 is 1.57 bits per heavy atom. The fraction of sp³-hybridized carbons (Fsp3) is 0.308. The second-order valence-electron chi connectivity index (χ2n) is 4.47. The Hall–Kier alpha value is -1.51. The zero-order valence-electron chi connectivity index (χ0n) is 11.4. The van der Waals surface area contributed by atoms with Crippen LogP contribution < -0.4 is 16.6 Å². The summed E-state index contributed by atoms with van der Waals surface area (Å²) < 4.78 is 0.985. The summed E-state index contributed by atoms with van der Waals surface area (Å²) in [6.07, 6.45) is 0. The van der Waals surface area contributed by atoms with Gasteiger partial charge in [-0.05, 0) is 35.0 Å². The van der Waals surface area contributed by atoms with E-state index >= 15 is 0 Å². The molecule has 0 aromatic carbocycles. The zero-order chi connectivity index (χ0) is 15.4. The maximum atomic E-state index is 12.1. The number of hydrogen-bond acceptors (Lipinski definition) is 5. The fourth-order valence-corrected chi connectivity index (χ4v) is 3.24. The van der Waals surface area contributed by atoms with Crippen molar-refractivity contribution in [3.63, 3.8) is 0 Å². The molecule has 0 aliphatic rings. The van der Waals surface area contributed by atoms with E-state index in [1.807, 2.05) is 19.1 Å². The zero-order valence-corrected chi connectivity index (χ0v) is 13.8. The van der Waals surface area contributed by atoms with Crippen LogP contribution in [0.15, 0.2) is 26.8 Å². The van der Waals surface area contributed by atoms with Crippen LogP contribution in [-0.4, -0.2) is 15.9 Å². The SMILES string of the molecule is CC(C(=O)NCc1nc(CN)cc(=O)[nH]1)c1ccc(Br)s1. The van der Waals surface area contributed by atoms with Gasteiger partial charge < -0.3 is 16.0 Å². The number of amides is 1. The van der Waals surface area contributed by atoms with Gasteiger partial charge in [-0.1, -0.05) is 0 Å². The fourth-order valence-electron chi connectivity index (χ4n) is 1.77. The highest BCUT2D eigenvalue weighted by molar-refractivity contribution is 9.11. The van der Waals surface area contributed by atoms with Crippen molar-refractivity contribution in [1.82, 2.24) is 15.3 Å². The predicted molar refractivity (Wildman–Crippen MR) is 85.0 cm³/mol. The molecule has 21 heavy (non-hydrogen) atoms. The molecule has 1 amide bonds. The van der Waals surface area contributed by atoms with Crippen LogP contribution in [-0.2, 0) is 17.9 Å². The van der Waals surface area contributed by atoms with Crippen molar-refractivity contribution >= 4 is 33.2 Å². The molecule has 0 saturated carbocycles. The topological polar surface area (TPSA) is 101 Å². The van der Waals surface area contributed by atoms with Crippen LogP contribution in [0.25, 0.3) is 0 Å². The van der Waals surface area contributed by atoms with Gasteiger partial charge in [0.2, 0.25) is 5.91 Å². The van der Waals surface area contributed by atoms with Crippen LogP contribution in [0.2, 0.25) is 0 Å². The van der Waals surface area contributed by atoms with E-state index in [0.717, 1.165) is 8.66 Å². The van der Waals surface area contributed by atoms with Crippen molar-refractivity contribution in [1.29, 1.82) is 0 Å². The summed E-state index contributed by atoms with van der Waals surface area (Å²) in [5.74, 6) is 0.0201. The average molecular weight is 371 g/mol. The average Bonchev–Trinajstić information content (AvgIpc) is 2.89. The highest BCUT2D eigenvalue weighted by Gasteiger charge is 2.17. The number of carbonyl (C=O) groups is 1. The van der Waals surface area contributed by atoms with Gasteiger partial charge in [0.1, 0.15) is 5.82 Å². The third-order valence-corrected chi connectivity index (χ3v) is 4.70. The van der Waals surface area contributed by atoms with Gasteiger partial charge in [0, 0.05) is 17.5 Å². The maximum absolute atomic E-state index is 12.1. The molecular formula is C13H15BrN4O2S. The number of halogens is 1. The van der Waals surface area contributed by atoms with Crippen LogP contribution in [0.5, 0.6) is 0 Å². The Bertz CT molecular complexity index is 697. The van der Waals surface area contributed by atoms with Crippen molar-refractivity contribution in [3.8, 4) is 0 Å². The van der Waals surface area contributed by atoms with Gasteiger partial charge in [0.15, 0.2) is 0 Å². The quantitative estimate of drug-likeness (QED) is 0.741. The lowest BCUT2D eigenvalue weighted by Crippen LogP contribution is -2.29. The van der Waals surface area contributed by atoms with Gasteiger partial charge >= 0.3 is 0 Å². The van der Waals surface area contributed by atoms with Crippen molar-refractivity contribution < 1.29 is 4.79 Å². The molecule has 0 bridgehead atoms. The van der Waals surface area contributed by atoms with Gasteiger partial charge in [-0.15, -0.1) is 11.3 Å². The molecular weight excluding hydrogens is 356 g/mol. The van der Waals surface area contributed by atoms with E-state index in [1.54, 1.807) is 0 Å². The van der Waals surface area contributed by atoms with Crippen molar-refractivity contribution in [2.75, 3.05) is 0 Å². The summed E-state index contributed by atoms with van der Waals surface area (Å²) >= 11 is 4.89. The molecule has 0 spiro atoms. The summed E-state index contributed by atoms with van der Waals surface area (Å²) in [5, 5.41) is 2.76. The van der Waals surface area contributed by atoms with Gasteiger partial charge in [0.05, 0.1) is 21.9 Å². The van der Waals surface area contributed by atoms with Crippen molar-refractivity contribution in [2.45, 2.75) is 25.9 Å². The number of aromatic nitrogens is 2. The smallest absolute Gasteiger partial charge is 0.251 e. The molecule has 6 nitrogen and oxygen atoms in total. The molecule has 8 heteroatoms. The first-order valence-electron chi connectivity index (χ1n) is 6.31. The lowest BCUT2D eigenvalue weighted by molar-refractivity contribution is -0.122. The van der Waals surface area contributed by atoms with Gasteiger partial charge in [-0.25, -0.2) is 4.98 Å². The van der Waals surface area contributed by atoms with E-state index in [0.29, 0.717) is 11.5 Å². The molecule has 2 rings (SSSR count). The third-order valence-electron chi connectivity index (χ3n) is 2.90. The van der Waals surface area contributed by atoms with Crippen LogP contribution in [0.1, 0.15) is 29.2 Å². The van der Waals surface area contributed by atoms with Crippen LogP contribution in [0.3, 0.4) is 0 Å². The first-order valence-corrected chi connectivity index (χ1v) is 7.92. The number of H-pyrrole nitrogens is 1. The molecule has 0 radical (unpaired) electrons. The number of nitrogens with zero attached hydrogens (tertiary/aromatic N) is 1. The van der Waals surface area contributed by atoms with Crippen LogP contribution >= 0.6 is 27.3 Å². The highest BCUT2D eigenvalue weighted by atomic mass is 79.9. The Labute approximate surface area is 133 Å². The van der Waals surface area contributed by atoms with E-state index in [-0.39, 0.29) is 30.5 Å². The Morgan fingerprint density at radius 3 is 2.95 bits per heavy atom. The largest absolute Gasteiger partial charge is 0.348 e. The first kappa shape index (κ1) is 15.9. The van der Waals surface area contributed by atoms with Crippen LogP contribution in [0, 0.1) is 0 Å². The molecule has 1 atom stereocenters. The van der Waals surface area contributed by atoms with Gasteiger partial charge in [0.25, 0.3) is 5.56 Å². The van der Waals surface area contributed by atoms with Crippen LogP contribution in [0.4, 0.5) is 0 Å². The molecule has 4 N–H and O–H groups in total. The molecule has 0 aliphatic carbocycles. The Balaban J connectivity index is 2.01. The van der Waals surface area contributed by atoms with E-state index in [1.165, 1.54) is 17.4 Å². The monoisotopic (exact) mass is 370 g/mol. The maximum Gasteiger partial charge on any atom is 0.251 e. The minimum Gasteiger partial charge on any atom is -0.348 e. The number of nitrogens with one attached hydrogen (secondary N) is 2. The van der Waals surface area contributed by atoms with Gasteiger partial charge in [-0.3, -0.25) is 9.59 Å². The molecule has 0 saturated heterocycles. The van der Waals surface area contributed by atoms with Crippen molar-refractivity contribution in [3.05, 3.63) is 48.7 Å². The summed E-state index contributed by atoms with van der Waals surface area (Å²) in [4.78, 5) is 31.2. The highest BCUT2D eigenvalue weighted by Crippen LogP contribution is 2.28. The predicted octanol–water partition coefficient (Wildman–Crippen LogP) is 1.47. The van der Waals surface area contributed by atoms with E-state index < -0.39 is 0 Å². The summed E-state index contributed by atoms with van der Waals surface area (Å²) in [6.45, 7) is 2.18. The first-order chi connectivity index (χ1) is 9.99. The number of hydrogen-bond donors (Lipinski definition) is 3. The lowest BCUT2D eigenvalue weighted by Gasteiger charge is -2.10. The van der Waals surface area contributed by atoms with E-state index in [4.69, 9.17) is 5.73 Å². The molecule has 2 aromatic heterocycles. The summed E-state index contributed by atoms with van der Waals surface area (Å²) in [5.41, 5.74) is 5.69. The lowest BCUT2D eigenvalue weighted by atomic mass is 10.1. The minimum atomic E-state index is -0.273. The number of thiophene rings is 1.